The molecule has 0 saturated carbocycles. The van der Waals surface area contributed by atoms with E-state index in [0.29, 0.717) is 18.1 Å². The Morgan fingerprint density at radius 1 is 1.55 bits per heavy atom. The average molecular weight is 327 g/mol. The fraction of sp³-hybridized carbons (Fsp3) is 0.600. The van der Waals surface area contributed by atoms with Gasteiger partial charge in [0.15, 0.2) is 6.23 Å². The largest absolute Gasteiger partial charge is 0.387 e. The summed E-state index contributed by atoms with van der Waals surface area (Å²) in [6.07, 6.45) is 6.82. The highest BCUT2D eigenvalue weighted by molar-refractivity contribution is 7.72. The van der Waals surface area contributed by atoms with Crippen LogP contribution >= 0.6 is 6.89 Å². The zero-order chi connectivity index (χ0) is 16.7. The lowest BCUT2D eigenvalue weighted by atomic mass is 9.95. The monoisotopic (exact) mass is 327 g/mol. The van der Waals surface area contributed by atoms with Gasteiger partial charge in [0.05, 0.1) is 6.10 Å². The highest BCUT2D eigenvalue weighted by Crippen LogP contribution is 2.41. The summed E-state index contributed by atoms with van der Waals surface area (Å²) in [7, 11) is 0. The van der Waals surface area contributed by atoms with E-state index < -0.39 is 30.9 Å². The smallest absolute Gasteiger partial charge is 0.166 e. The SMILES string of the molecule is C=C1N=C(N)C=CN1C1O[C@H](CCP(=C)(C)C)[C@@H](O)[C@@]1(C)O. The molecule has 0 amide bonds. The number of rotatable bonds is 4. The van der Waals surface area contributed by atoms with Gasteiger partial charge in [-0.05, 0) is 38.9 Å². The van der Waals surface area contributed by atoms with Crippen molar-refractivity contribution in [1.29, 1.82) is 0 Å². The maximum atomic E-state index is 10.7. The molecule has 124 valence electrons. The van der Waals surface area contributed by atoms with Gasteiger partial charge in [0, 0.05) is 6.20 Å². The first-order valence-electron chi connectivity index (χ1n) is 7.25. The Hall–Kier alpha value is -1.07. The zero-order valence-corrected chi connectivity index (χ0v) is 14.3. The van der Waals surface area contributed by atoms with Crippen LogP contribution in [0.1, 0.15) is 13.3 Å². The van der Waals surface area contributed by atoms with Gasteiger partial charge in [-0.25, -0.2) is 4.99 Å². The van der Waals surface area contributed by atoms with Crippen LogP contribution in [0, 0.1) is 0 Å². The third-order valence-corrected chi connectivity index (χ3v) is 5.46. The van der Waals surface area contributed by atoms with E-state index in [4.69, 9.17) is 10.5 Å². The Kier molecular flexibility index (Phi) is 4.60. The molecule has 2 heterocycles. The minimum atomic E-state index is -1.43. The lowest BCUT2D eigenvalue weighted by Gasteiger charge is -2.35. The molecular weight excluding hydrogens is 301 g/mol. The Morgan fingerprint density at radius 2 is 2.18 bits per heavy atom. The molecule has 2 aliphatic heterocycles. The van der Waals surface area contributed by atoms with E-state index in [9.17, 15) is 10.2 Å². The van der Waals surface area contributed by atoms with Crippen LogP contribution in [-0.4, -0.2) is 70.8 Å². The van der Waals surface area contributed by atoms with Crippen molar-refractivity contribution in [3.05, 3.63) is 24.7 Å². The van der Waals surface area contributed by atoms with Crippen molar-refractivity contribution in [2.75, 3.05) is 19.5 Å². The topological polar surface area (TPSA) is 91.3 Å². The molecule has 0 radical (unpaired) electrons. The zero-order valence-electron chi connectivity index (χ0n) is 13.4. The molecule has 2 rings (SSSR count). The minimum absolute atomic E-state index is 0.347. The maximum absolute atomic E-state index is 10.7. The number of aliphatic imine (C=N–C) groups is 1. The molecular formula is C15H26N3O3P. The molecule has 0 aliphatic carbocycles. The molecule has 2 aliphatic rings. The van der Waals surface area contributed by atoms with Crippen molar-refractivity contribution in [3.63, 3.8) is 0 Å². The van der Waals surface area contributed by atoms with Gasteiger partial charge in [-0.1, -0.05) is 6.58 Å². The molecule has 1 saturated heterocycles. The third-order valence-electron chi connectivity index (χ3n) is 3.99. The van der Waals surface area contributed by atoms with Crippen LogP contribution < -0.4 is 5.73 Å². The van der Waals surface area contributed by atoms with Crippen LogP contribution in [-0.2, 0) is 4.74 Å². The van der Waals surface area contributed by atoms with Gasteiger partial charge in [0.1, 0.15) is 23.4 Å². The van der Waals surface area contributed by atoms with Gasteiger partial charge in [-0.3, -0.25) is 0 Å². The van der Waals surface area contributed by atoms with Crippen molar-refractivity contribution in [3.8, 4) is 0 Å². The molecule has 4 N–H and O–H groups in total. The van der Waals surface area contributed by atoms with Crippen LogP contribution in [0.5, 0.6) is 0 Å². The van der Waals surface area contributed by atoms with E-state index in [1.54, 1.807) is 24.1 Å². The van der Waals surface area contributed by atoms with Gasteiger partial charge in [0.2, 0.25) is 0 Å². The van der Waals surface area contributed by atoms with Gasteiger partial charge >= 0.3 is 0 Å². The quantitative estimate of drug-likeness (QED) is 0.657. The summed E-state index contributed by atoms with van der Waals surface area (Å²) in [5, 5.41) is 21.1. The Morgan fingerprint density at radius 3 is 2.73 bits per heavy atom. The minimum Gasteiger partial charge on any atom is -0.387 e. The Labute approximate surface area is 131 Å². The van der Waals surface area contributed by atoms with E-state index in [2.05, 4.69) is 31.2 Å². The number of nitrogens with zero attached hydrogens (tertiary/aromatic N) is 2. The third kappa shape index (κ3) is 3.46. The summed E-state index contributed by atoms with van der Waals surface area (Å²) in [5.41, 5.74) is 4.20. The predicted octanol–water partition coefficient (Wildman–Crippen LogP) is 0.580. The molecule has 0 aromatic heterocycles. The number of aliphatic hydroxyl groups excluding tert-OH is 1. The molecule has 22 heavy (non-hydrogen) atoms. The first-order valence-corrected chi connectivity index (χ1v) is 10.3. The van der Waals surface area contributed by atoms with E-state index in [0.717, 1.165) is 6.16 Å². The number of hydrogen-bond acceptors (Lipinski definition) is 6. The Balaban J connectivity index is 2.15. The van der Waals surface area contributed by atoms with Crippen LogP contribution in [0.3, 0.4) is 0 Å². The second-order valence-electron chi connectivity index (χ2n) is 6.82. The molecule has 0 spiro atoms. The number of hydrogen-bond donors (Lipinski definition) is 3. The van der Waals surface area contributed by atoms with Crippen LogP contribution in [0.2, 0.25) is 0 Å². The fourth-order valence-corrected chi connectivity index (χ4v) is 3.60. The average Bonchev–Trinajstić information content (AvgIpc) is 2.59. The summed E-state index contributed by atoms with van der Waals surface area (Å²) in [4.78, 5) is 5.67. The lowest BCUT2D eigenvalue weighted by Crippen LogP contribution is -2.51. The van der Waals surface area contributed by atoms with Crippen LogP contribution in [0.25, 0.3) is 0 Å². The van der Waals surface area contributed by atoms with Crippen molar-refractivity contribution in [2.45, 2.75) is 37.4 Å². The summed E-state index contributed by atoms with van der Waals surface area (Å²) >= 11 is 0. The van der Waals surface area contributed by atoms with Crippen molar-refractivity contribution >= 4 is 19.0 Å². The van der Waals surface area contributed by atoms with Crippen molar-refractivity contribution in [1.82, 2.24) is 4.90 Å². The molecule has 6 nitrogen and oxygen atoms in total. The number of nitrogens with two attached hydrogens (primary N) is 1. The second-order valence-corrected chi connectivity index (χ2v) is 11.1. The van der Waals surface area contributed by atoms with Gasteiger partial charge in [-0.15, -0.1) is 13.2 Å². The standard InChI is InChI=1S/C15H26N3O3P/c1-10-17-12(16)6-8-18(10)14-15(2,20)13(19)11(21-14)7-9-22(3,4)5/h6,8,11,13-14,19-20H,1,3,7,9H2,2,4-5H3,(H2,16,17)/t11-,13-,14?,15-/m1/s1. The van der Waals surface area contributed by atoms with Crippen LogP contribution in [0.4, 0.5) is 0 Å². The van der Waals surface area contributed by atoms with Gasteiger partial charge in [0.25, 0.3) is 0 Å². The highest BCUT2D eigenvalue weighted by atomic mass is 31.2. The molecule has 1 unspecified atom stereocenters. The molecule has 1 fully saturated rings. The highest BCUT2D eigenvalue weighted by Gasteiger charge is 2.54. The first kappa shape index (κ1) is 17.3. The van der Waals surface area contributed by atoms with E-state index in [-0.39, 0.29) is 0 Å². The predicted molar refractivity (Wildman–Crippen MR) is 92.4 cm³/mol. The maximum Gasteiger partial charge on any atom is 0.166 e. The van der Waals surface area contributed by atoms with E-state index in [1.165, 1.54) is 0 Å². The number of aliphatic hydroxyl groups is 2. The fourth-order valence-electron chi connectivity index (χ4n) is 2.65. The molecule has 0 bridgehead atoms. The molecule has 7 heteroatoms. The van der Waals surface area contributed by atoms with E-state index >= 15 is 0 Å². The molecule has 4 atom stereocenters. The number of ether oxygens (including phenoxy) is 1. The van der Waals surface area contributed by atoms with Crippen LogP contribution in [0.15, 0.2) is 29.7 Å². The lowest BCUT2D eigenvalue weighted by molar-refractivity contribution is -0.109. The van der Waals surface area contributed by atoms with Gasteiger partial charge < -0.3 is 25.6 Å². The van der Waals surface area contributed by atoms with Crippen molar-refractivity contribution < 1.29 is 14.9 Å². The van der Waals surface area contributed by atoms with E-state index in [1.807, 2.05) is 0 Å². The second kappa shape index (κ2) is 5.85. The summed E-state index contributed by atoms with van der Waals surface area (Å²) in [5.74, 6) is 0.725. The normalized spacial score (nSPS) is 35.9. The summed E-state index contributed by atoms with van der Waals surface area (Å²) in [6, 6.07) is 0. The molecule has 0 aromatic carbocycles. The van der Waals surface area contributed by atoms with Gasteiger partial charge in [-0.2, -0.15) is 0 Å². The summed E-state index contributed by atoms with van der Waals surface area (Å²) < 4.78 is 5.92. The first-order chi connectivity index (χ1) is 10.0. The summed E-state index contributed by atoms with van der Waals surface area (Å²) in [6.45, 7) is 8.44. The molecule has 0 aromatic rings. The van der Waals surface area contributed by atoms with Crippen molar-refractivity contribution in [2.24, 2.45) is 10.7 Å². The number of amidine groups is 1. The Bertz CT molecular complexity index is 564.